The van der Waals surface area contributed by atoms with Gasteiger partial charge in [0.05, 0.1) is 6.04 Å². The Morgan fingerprint density at radius 2 is 1.80 bits per heavy atom. The molecule has 2 N–H and O–H groups in total. The molecular formula is C21H25N3O. The molecule has 3 rings (SSSR count). The van der Waals surface area contributed by atoms with Gasteiger partial charge in [0, 0.05) is 29.2 Å². The average molecular weight is 335 g/mol. The first-order chi connectivity index (χ1) is 12.2. The minimum absolute atomic E-state index is 0.0294. The van der Waals surface area contributed by atoms with Gasteiger partial charge in [-0.15, -0.1) is 0 Å². The Balaban J connectivity index is 1.79. The minimum atomic E-state index is -0.0294. The lowest BCUT2D eigenvalue weighted by atomic mass is 10.0. The molecular weight excluding hydrogens is 310 g/mol. The monoisotopic (exact) mass is 335 g/mol. The Morgan fingerprint density at radius 3 is 2.52 bits per heavy atom. The molecule has 130 valence electrons. The van der Waals surface area contributed by atoms with Gasteiger partial charge in [-0.1, -0.05) is 50.2 Å². The molecule has 0 bridgehead atoms. The number of rotatable bonds is 7. The van der Waals surface area contributed by atoms with Crippen LogP contribution in [0, 0.1) is 0 Å². The molecule has 0 saturated heterocycles. The van der Waals surface area contributed by atoms with E-state index in [2.05, 4.69) is 41.2 Å². The Labute approximate surface area is 148 Å². The van der Waals surface area contributed by atoms with Gasteiger partial charge in [-0.2, -0.15) is 0 Å². The van der Waals surface area contributed by atoms with Crippen molar-refractivity contribution in [2.45, 2.75) is 19.9 Å². The van der Waals surface area contributed by atoms with E-state index >= 15 is 0 Å². The summed E-state index contributed by atoms with van der Waals surface area (Å²) in [6.07, 6.45) is 1.87. The third-order valence-corrected chi connectivity index (χ3v) is 4.73. The highest BCUT2D eigenvalue weighted by Crippen LogP contribution is 2.21. The summed E-state index contributed by atoms with van der Waals surface area (Å²) >= 11 is 0. The van der Waals surface area contributed by atoms with E-state index in [0.717, 1.165) is 24.0 Å². The average Bonchev–Trinajstić information content (AvgIpc) is 3.14. The molecule has 0 aliphatic carbocycles. The number of likely N-dealkylation sites (N-methyl/N-ethyl adjacent to an activating group) is 1. The largest absolute Gasteiger partial charge is 0.361 e. The third-order valence-electron chi connectivity index (χ3n) is 4.73. The van der Waals surface area contributed by atoms with E-state index in [1.807, 2.05) is 48.7 Å². The van der Waals surface area contributed by atoms with Crippen LogP contribution in [0.4, 0.5) is 0 Å². The molecule has 0 radical (unpaired) electrons. The molecule has 0 aliphatic heterocycles. The Morgan fingerprint density at radius 1 is 1.04 bits per heavy atom. The number of hydrogen-bond donors (Lipinski definition) is 2. The predicted molar refractivity (Wildman–Crippen MR) is 103 cm³/mol. The van der Waals surface area contributed by atoms with Crippen molar-refractivity contribution in [1.82, 2.24) is 15.2 Å². The molecule has 1 atom stereocenters. The highest BCUT2D eigenvalue weighted by atomic mass is 16.1. The highest BCUT2D eigenvalue weighted by molar-refractivity contribution is 6.06. The summed E-state index contributed by atoms with van der Waals surface area (Å²) in [5, 5.41) is 4.09. The number of aromatic amines is 1. The van der Waals surface area contributed by atoms with Crippen molar-refractivity contribution in [3.05, 3.63) is 71.9 Å². The van der Waals surface area contributed by atoms with E-state index in [1.165, 1.54) is 5.56 Å². The van der Waals surface area contributed by atoms with Crippen LogP contribution in [0.3, 0.4) is 0 Å². The van der Waals surface area contributed by atoms with Gasteiger partial charge < -0.3 is 10.3 Å². The second-order valence-corrected chi connectivity index (χ2v) is 6.10. The van der Waals surface area contributed by atoms with Crippen LogP contribution in [-0.2, 0) is 0 Å². The standard InChI is InChI=1S/C21H25N3O/c1-3-24(4-2)20(16-9-6-5-7-10-16)15-23-21(25)18-11-8-12-19-17(18)13-14-22-19/h5-14,20,22H,3-4,15H2,1-2H3,(H,23,25). The maximum absolute atomic E-state index is 12.7. The Hall–Kier alpha value is -2.59. The van der Waals surface area contributed by atoms with Crippen molar-refractivity contribution in [1.29, 1.82) is 0 Å². The number of nitrogens with zero attached hydrogens (tertiary/aromatic N) is 1. The molecule has 0 fully saturated rings. The first kappa shape index (κ1) is 17.2. The van der Waals surface area contributed by atoms with Gasteiger partial charge in [0.2, 0.25) is 0 Å². The van der Waals surface area contributed by atoms with Gasteiger partial charge in [0.15, 0.2) is 0 Å². The van der Waals surface area contributed by atoms with Gasteiger partial charge in [-0.25, -0.2) is 0 Å². The van der Waals surface area contributed by atoms with Crippen molar-refractivity contribution < 1.29 is 4.79 Å². The minimum Gasteiger partial charge on any atom is -0.361 e. The van der Waals surface area contributed by atoms with Crippen LogP contribution in [0.25, 0.3) is 10.9 Å². The second-order valence-electron chi connectivity index (χ2n) is 6.10. The fraction of sp³-hybridized carbons (Fsp3) is 0.286. The van der Waals surface area contributed by atoms with Gasteiger partial charge in [-0.3, -0.25) is 9.69 Å². The molecule has 3 aromatic rings. The zero-order chi connectivity index (χ0) is 17.6. The summed E-state index contributed by atoms with van der Waals surface area (Å²) in [7, 11) is 0. The molecule has 2 aromatic carbocycles. The molecule has 1 amide bonds. The molecule has 1 aromatic heterocycles. The van der Waals surface area contributed by atoms with Crippen LogP contribution in [0.5, 0.6) is 0 Å². The van der Waals surface area contributed by atoms with Crippen LogP contribution >= 0.6 is 0 Å². The number of amides is 1. The Bertz CT molecular complexity index is 821. The molecule has 0 saturated carbocycles. The summed E-state index contributed by atoms with van der Waals surface area (Å²) in [5.74, 6) is -0.0294. The topological polar surface area (TPSA) is 48.1 Å². The number of hydrogen-bond acceptors (Lipinski definition) is 2. The zero-order valence-electron chi connectivity index (χ0n) is 14.8. The normalized spacial score (nSPS) is 12.4. The van der Waals surface area contributed by atoms with Crippen LogP contribution in [0.2, 0.25) is 0 Å². The summed E-state index contributed by atoms with van der Waals surface area (Å²) in [4.78, 5) is 18.3. The van der Waals surface area contributed by atoms with E-state index in [-0.39, 0.29) is 11.9 Å². The smallest absolute Gasteiger partial charge is 0.252 e. The third kappa shape index (κ3) is 3.74. The number of carbonyl (C=O) groups excluding carboxylic acids is 1. The molecule has 1 heterocycles. The molecule has 0 spiro atoms. The fourth-order valence-electron chi connectivity index (χ4n) is 3.37. The molecule has 4 heteroatoms. The number of nitrogens with one attached hydrogen (secondary N) is 2. The van der Waals surface area contributed by atoms with Crippen molar-refractivity contribution in [2.24, 2.45) is 0 Å². The van der Waals surface area contributed by atoms with E-state index in [0.29, 0.717) is 12.1 Å². The molecule has 4 nitrogen and oxygen atoms in total. The predicted octanol–water partition coefficient (Wildman–Crippen LogP) is 3.98. The maximum Gasteiger partial charge on any atom is 0.252 e. The van der Waals surface area contributed by atoms with Gasteiger partial charge in [0.1, 0.15) is 0 Å². The second kappa shape index (κ2) is 7.99. The Kier molecular flexibility index (Phi) is 5.51. The van der Waals surface area contributed by atoms with Crippen molar-refractivity contribution >= 4 is 16.8 Å². The van der Waals surface area contributed by atoms with E-state index < -0.39 is 0 Å². The molecule has 1 unspecified atom stereocenters. The number of benzene rings is 2. The summed E-state index contributed by atoms with van der Waals surface area (Å²) in [5.41, 5.74) is 2.92. The lowest BCUT2D eigenvalue weighted by Gasteiger charge is -2.30. The van der Waals surface area contributed by atoms with Crippen molar-refractivity contribution in [2.75, 3.05) is 19.6 Å². The number of aromatic nitrogens is 1. The van der Waals surface area contributed by atoms with Gasteiger partial charge in [0.25, 0.3) is 5.91 Å². The lowest BCUT2D eigenvalue weighted by Crippen LogP contribution is -2.38. The van der Waals surface area contributed by atoms with E-state index in [9.17, 15) is 4.79 Å². The van der Waals surface area contributed by atoms with E-state index in [1.54, 1.807) is 0 Å². The zero-order valence-corrected chi connectivity index (χ0v) is 14.8. The number of carbonyl (C=O) groups is 1. The first-order valence-electron chi connectivity index (χ1n) is 8.87. The van der Waals surface area contributed by atoms with Crippen LogP contribution in [0.1, 0.15) is 35.8 Å². The number of fused-ring (bicyclic) bond motifs is 1. The molecule has 25 heavy (non-hydrogen) atoms. The van der Waals surface area contributed by atoms with Gasteiger partial charge in [-0.05, 0) is 36.9 Å². The number of H-pyrrole nitrogens is 1. The summed E-state index contributed by atoms with van der Waals surface area (Å²) in [6, 6.07) is 18.3. The van der Waals surface area contributed by atoms with Crippen LogP contribution in [-0.4, -0.2) is 35.4 Å². The fourth-order valence-corrected chi connectivity index (χ4v) is 3.37. The van der Waals surface area contributed by atoms with E-state index in [4.69, 9.17) is 0 Å². The summed E-state index contributed by atoms with van der Waals surface area (Å²) < 4.78 is 0. The highest BCUT2D eigenvalue weighted by Gasteiger charge is 2.19. The van der Waals surface area contributed by atoms with Crippen molar-refractivity contribution in [3.63, 3.8) is 0 Å². The summed E-state index contributed by atoms with van der Waals surface area (Å²) in [6.45, 7) is 6.79. The molecule has 0 aliphatic rings. The SMILES string of the molecule is CCN(CC)C(CNC(=O)c1cccc2[nH]ccc12)c1ccccc1. The van der Waals surface area contributed by atoms with Crippen LogP contribution < -0.4 is 5.32 Å². The first-order valence-corrected chi connectivity index (χ1v) is 8.87. The van der Waals surface area contributed by atoms with Crippen molar-refractivity contribution in [3.8, 4) is 0 Å². The van der Waals surface area contributed by atoms with Crippen LogP contribution in [0.15, 0.2) is 60.8 Å². The lowest BCUT2D eigenvalue weighted by molar-refractivity contribution is 0.0936. The quantitative estimate of drug-likeness (QED) is 0.686. The maximum atomic E-state index is 12.7. The van der Waals surface area contributed by atoms with Gasteiger partial charge >= 0.3 is 0 Å².